The fourth-order valence-electron chi connectivity index (χ4n) is 7.48. The summed E-state index contributed by atoms with van der Waals surface area (Å²) in [5.41, 5.74) is 7.23. The number of furan rings is 1. The topological polar surface area (TPSA) is 89.1 Å². The number of aliphatic hydroxyl groups is 1. The molecule has 0 aliphatic rings. The van der Waals surface area contributed by atoms with Crippen LogP contribution in [0.2, 0.25) is 17.3 Å². The minimum atomic E-state index is -2.10. The molecule has 6 rings (SSSR count). The Morgan fingerprint density at radius 1 is 0.849 bits per heavy atom. The number of ketones is 1. The van der Waals surface area contributed by atoms with Gasteiger partial charge in [0.05, 0.1) is 0 Å². The van der Waals surface area contributed by atoms with Gasteiger partial charge in [0, 0.05) is 37.0 Å². The molecule has 3 heterocycles. The van der Waals surface area contributed by atoms with Gasteiger partial charge in [-0.2, -0.15) is 0 Å². The fraction of sp³-hybridized carbons (Fsp3) is 0.422. The zero-order valence-corrected chi connectivity index (χ0v) is 38.4. The molecule has 53 heavy (non-hydrogen) atoms. The number of carbonyl (C=O) groups is 1. The maximum atomic E-state index is 12.2. The van der Waals surface area contributed by atoms with Gasteiger partial charge >= 0.3 is 201 Å². The summed E-state index contributed by atoms with van der Waals surface area (Å²) in [4.78, 5) is 26.7. The standard InChI is InChI=1S/C30H28GeN3O.C15H28O2.Ir/c1-16-15-20-12-14-23-27(33-19(4)34-28(23)25(20)18(3)26(16)31(5,6)7)24-10-8-9-21-22-13-11-17(2)32-30(22)35-29(21)24;1-7-14(5,8-2)12(16)11-13(17)15(6,9-3)10-4;/h8-9,11-15H,1-7H3;11,16H,7-10H2,1-6H3;/q-1;;/b;12-11-;. The molecule has 8 heteroatoms. The molecule has 3 aromatic carbocycles. The number of nitrogens with zero attached hydrogens (tertiary/aromatic N) is 3. The van der Waals surface area contributed by atoms with Gasteiger partial charge in [-0.1, -0.05) is 41.5 Å². The Kier molecular flexibility index (Phi) is 12.9. The minimum absolute atomic E-state index is 0. The number of allylic oxidation sites excluding steroid dienone is 2. The molecule has 0 saturated heterocycles. The molecule has 0 aliphatic carbocycles. The van der Waals surface area contributed by atoms with Crippen LogP contribution in [0.5, 0.6) is 0 Å². The summed E-state index contributed by atoms with van der Waals surface area (Å²) in [6.07, 6.45) is 4.75. The first-order chi connectivity index (χ1) is 24.4. The van der Waals surface area contributed by atoms with Crippen molar-refractivity contribution in [1.82, 2.24) is 15.0 Å². The van der Waals surface area contributed by atoms with Crippen molar-refractivity contribution in [3.63, 3.8) is 0 Å². The van der Waals surface area contributed by atoms with Crippen molar-refractivity contribution in [3.8, 4) is 11.3 Å². The first-order valence-electron chi connectivity index (χ1n) is 18.8. The van der Waals surface area contributed by atoms with Crippen LogP contribution in [-0.4, -0.2) is 39.1 Å². The molecule has 0 fully saturated rings. The van der Waals surface area contributed by atoms with Crippen LogP contribution < -0.4 is 4.40 Å². The van der Waals surface area contributed by atoms with Crippen LogP contribution in [-0.2, 0) is 24.9 Å². The average molecular weight is 952 g/mol. The van der Waals surface area contributed by atoms with Crippen molar-refractivity contribution in [3.05, 3.63) is 83.0 Å². The third-order valence-electron chi connectivity index (χ3n) is 11.6. The number of benzene rings is 3. The summed E-state index contributed by atoms with van der Waals surface area (Å²) in [7, 11) is 0. The molecule has 0 atom stereocenters. The summed E-state index contributed by atoms with van der Waals surface area (Å²) in [5, 5.41) is 15.7. The third kappa shape index (κ3) is 8.04. The Balaban J connectivity index is 0.000000299. The van der Waals surface area contributed by atoms with E-state index in [1.807, 2.05) is 73.6 Å². The number of carbonyl (C=O) groups excluding carboxylic acids is 1. The molecular weight excluding hydrogens is 895 g/mol. The van der Waals surface area contributed by atoms with E-state index in [0.717, 1.165) is 75.7 Å². The van der Waals surface area contributed by atoms with Gasteiger partial charge < -0.3 is 5.11 Å². The second-order valence-electron chi connectivity index (χ2n) is 16.1. The van der Waals surface area contributed by atoms with Crippen molar-refractivity contribution < 1.29 is 34.4 Å². The van der Waals surface area contributed by atoms with E-state index in [4.69, 9.17) is 14.4 Å². The second-order valence-corrected chi connectivity index (χ2v) is 26.5. The minimum Gasteiger partial charge on any atom is 0 e. The average Bonchev–Trinajstić information content (AvgIpc) is 3.47. The van der Waals surface area contributed by atoms with E-state index in [1.54, 1.807) is 4.40 Å². The van der Waals surface area contributed by atoms with Gasteiger partial charge in [-0.25, -0.2) is 0 Å². The van der Waals surface area contributed by atoms with Gasteiger partial charge in [-0.3, -0.25) is 4.79 Å². The van der Waals surface area contributed by atoms with Gasteiger partial charge in [-0.15, -0.1) is 0 Å². The van der Waals surface area contributed by atoms with Gasteiger partial charge in [-0.05, 0) is 32.6 Å². The molecule has 6 aromatic rings. The molecule has 0 unspecified atom stereocenters. The first-order valence-corrected chi connectivity index (χ1v) is 26.2. The monoisotopic (exact) mass is 953 g/mol. The number of aliphatic hydroxyl groups excluding tert-OH is 1. The molecular formula is C45H56GeIrN3O3-. The van der Waals surface area contributed by atoms with Crippen LogP contribution in [0, 0.1) is 44.6 Å². The van der Waals surface area contributed by atoms with Crippen molar-refractivity contribution in [1.29, 1.82) is 0 Å². The molecule has 1 radical (unpaired) electrons. The zero-order chi connectivity index (χ0) is 38.3. The largest absolute Gasteiger partial charge is 0 e. The summed E-state index contributed by atoms with van der Waals surface area (Å²) in [6, 6.07) is 18.2. The van der Waals surface area contributed by atoms with E-state index >= 15 is 0 Å². The predicted octanol–water partition coefficient (Wildman–Crippen LogP) is 12.0. The Morgan fingerprint density at radius 2 is 1.47 bits per heavy atom. The molecule has 3 aromatic heterocycles. The van der Waals surface area contributed by atoms with Crippen molar-refractivity contribution in [2.24, 2.45) is 10.8 Å². The number of fused-ring (bicyclic) bond motifs is 6. The van der Waals surface area contributed by atoms with E-state index in [-0.39, 0.29) is 42.5 Å². The Bertz CT molecular complexity index is 2340. The van der Waals surface area contributed by atoms with Crippen LogP contribution in [0.15, 0.2) is 58.7 Å². The quantitative estimate of drug-likeness (QED) is 0.0511. The molecule has 1 N–H and O–H groups in total. The molecule has 0 bridgehead atoms. The van der Waals surface area contributed by atoms with Crippen LogP contribution >= 0.6 is 0 Å². The first kappa shape index (κ1) is 42.4. The maximum absolute atomic E-state index is 12.2. The van der Waals surface area contributed by atoms with Crippen LogP contribution in [0.4, 0.5) is 0 Å². The Labute approximate surface area is 332 Å². The molecule has 6 nitrogen and oxygen atoms in total. The Hall–Kier alpha value is -3.39. The number of pyridine rings is 1. The van der Waals surface area contributed by atoms with E-state index in [0.29, 0.717) is 5.71 Å². The normalized spacial score (nSPS) is 12.7. The van der Waals surface area contributed by atoms with Gasteiger partial charge in [0.2, 0.25) is 0 Å². The smallest absolute Gasteiger partial charge is 0 e. The van der Waals surface area contributed by atoms with Crippen molar-refractivity contribution in [2.45, 2.75) is 112 Å². The molecule has 283 valence electrons. The summed E-state index contributed by atoms with van der Waals surface area (Å²) in [5.74, 6) is 8.42. The van der Waals surface area contributed by atoms with Gasteiger partial charge in [0.1, 0.15) is 5.76 Å². The van der Waals surface area contributed by atoms with Crippen LogP contribution in [0.1, 0.15) is 89.9 Å². The fourth-order valence-corrected chi connectivity index (χ4v) is 12.7. The van der Waals surface area contributed by atoms with Crippen molar-refractivity contribution in [2.75, 3.05) is 0 Å². The van der Waals surface area contributed by atoms with E-state index in [1.165, 1.54) is 28.0 Å². The van der Waals surface area contributed by atoms with Gasteiger partial charge in [0.25, 0.3) is 0 Å². The molecule has 0 amide bonds. The molecule has 0 aliphatic heterocycles. The Morgan fingerprint density at radius 3 is 2.08 bits per heavy atom. The number of rotatable bonds is 9. The SMILES string of the molecule is CCC(C)(CC)C(=O)/C=C(\O)C(C)(CC)CC.Cc1ccc2c(n1)oc1c(-c3nc(C)nc4c3ccc3cc(C)[c]([Ge]([CH3])([CH3])[CH3])c(C)c34)[c-]ccc12.[Ir]. The molecule has 0 spiro atoms. The summed E-state index contributed by atoms with van der Waals surface area (Å²) in [6.45, 7) is 20.6. The van der Waals surface area contributed by atoms with E-state index in [2.05, 4.69) is 66.4 Å². The van der Waals surface area contributed by atoms with Crippen molar-refractivity contribution >= 4 is 67.2 Å². The maximum Gasteiger partial charge on any atom is 0 e. The molecule has 0 saturated carbocycles. The zero-order valence-electron chi connectivity index (χ0n) is 33.9. The second kappa shape index (κ2) is 16.1. The number of hydrogen-bond donors (Lipinski definition) is 1. The third-order valence-corrected chi connectivity index (χ3v) is 16.3. The predicted molar refractivity (Wildman–Crippen MR) is 221 cm³/mol. The number of aryl methyl sites for hydroxylation is 4. The van der Waals surface area contributed by atoms with E-state index in [9.17, 15) is 9.90 Å². The summed E-state index contributed by atoms with van der Waals surface area (Å²) < 4.78 is 7.87. The summed E-state index contributed by atoms with van der Waals surface area (Å²) >= 11 is -2.10. The number of hydrogen-bond acceptors (Lipinski definition) is 6. The number of aromatic nitrogens is 3. The van der Waals surface area contributed by atoms with Crippen LogP contribution in [0.25, 0.3) is 55.0 Å². The van der Waals surface area contributed by atoms with E-state index < -0.39 is 13.3 Å². The van der Waals surface area contributed by atoms with Crippen LogP contribution in [0.3, 0.4) is 0 Å². The van der Waals surface area contributed by atoms with Gasteiger partial charge in [0.15, 0.2) is 5.78 Å².